The monoisotopic (exact) mass is 305 g/mol. The van der Waals surface area contributed by atoms with E-state index in [9.17, 15) is 5.11 Å². The number of imidazole rings is 1. The molecule has 3 N–H and O–H groups in total. The van der Waals surface area contributed by atoms with Crippen LogP contribution >= 0.6 is 11.8 Å². The van der Waals surface area contributed by atoms with Crippen molar-refractivity contribution in [1.82, 2.24) is 19.5 Å². The summed E-state index contributed by atoms with van der Waals surface area (Å²) >= 11 is 1.66. The number of rotatable bonds is 5. The summed E-state index contributed by atoms with van der Waals surface area (Å²) in [6, 6.07) is 0.172. The average molecular weight is 305 g/mol. The highest BCUT2D eigenvalue weighted by Gasteiger charge is 2.23. The van der Waals surface area contributed by atoms with Crippen LogP contribution < -0.4 is 5.73 Å². The predicted molar refractivity (Wildman–Crippen MR) is 84.1 cm³/mol. The summed E-state index contributed by atoms with van der Waals surface area (Å²) in [5.74, 6) is 1.47. The molecule has 0 saturated carbocycles. The minimum Gasteiger partial charge on any atom is -0.396 e. The molecule has 112 valence electrons. The largest absolute Gasteiger partial charge is 0.396 e. The second-order valence-electron chi connectivity index (χ2n) is 5.19. The van der Waals surface area contributed by atoms with Crippen molar-refractivity contribution >= 4 is 28.9 Å². The molecule has 0 amide bonds. The Kier molecular flexibility index (Phi) is 4.12. The van der Waals surface area contributed by atoms with Gasteiger partial charge in [0.25, 0.3) is 0 Å². The fourth-order valence-electron chi connectivity index (χ4n) is 2.54. The van der Waals surface area contributed by atoms with Gasteiger partial charge in [0.1, 0.15) is 10.5 Å². The zero-order valence-corrected chi connectivity index (χ0v) is 12.8. The molecule has 21 heavy (non-hydrogen) atoms. The molecule has 0 spiro atoms. The topological polar surface area (TPSA) is 89.9 Å². The number of fused-ring (bicyclic) bond motifs is 1. The molecule has 0 saturated heterocycles. The number of nitrogens with two attached hydrogens (primary N) is 1. The molecule has 0 aromatic carbocycles. The number of nitrogen functional groups attached to an aromatic ring is 1. The second-order valence-corrected chi connectivity index (χ2v) is 6.27. The smallest absolute Gasteiger partial charge is 0.223 e. The van der Waals surface area contributed by atoms with E-state index < -0.39 is 0 Å². The summed E-state index contributed by atoms with van der Waals surface area (Å²) in [5, 5.41) is 10.1. The third-order valence-electron chi connectivity index (χ3n) is 3.59. The molecule has 0 aliphatic heterocycles. The van der Waals surface area contributed by atoms with Crippen LogP contribution in [0.5, 0.6) is 0 Å². The van der Waals surface area contributed by atoms with Crippen molar-refractivity contribution in [2.75, 3.05) is 18.1 Å². The van der Waals surface area contributed by atoms with E-state index in [1.165, 1.54) is 0 Å². The molecule has 3 rings (SSSR count). The van der Waals surface area contributed by atoms with Gasteiger partial charge in [0.15, 0.2) is 5.65 Å². The molecule has 0 bridgehead atoms. The van der Waals surface area contributed by atoms with Crippen molar-refractivity contribution in [1.29, 1.82) is 0 Å². The predicted octanol–water partition coefficient (Wildman–Crippen LogP) is 2.02. The van der Waals surface area contributed by atoms with E-state index in [0.29, 0.717) is 0 Å². The minimum absolute atomic E-state index is 0.172. The van der Waals surface area contributed by atoms with Crippen LogP contribution in [0.25, 0.3) is 11.2 Å². The number of allylic oxidation sites excluding steroid dienone is 1. The first-order valence-corrected chi connectivity index (χ1v) is 8.13. The van der Waals surface area contributed by atoms with Gasteiger partial charge in [-0.1, -0.05) is 19.1 Å². The molecule has 0 radical (unpaired) electrons. The maximum atomic E-state index is 9.25. The molecular weight excluding hydrogens is 286 g/mol. The minimum atomic E-state index is 0.172. The summed E-state index contributed by atoms with van der Waals surface area (Å²) in [6.45, 7) is 2.31. The van der Waals surface area contributed by atoms with E-state index in [-0.39, 0.29) is 24.5 Å². The summed E-state index contributed by atoms with van der Waals surface area (Å²) in [7, 11) is 0. The van der Waals surface area contributed by atoms with Gasteiger partial charge < -0.3 is 15.4 Å². The molecule has 1 aliphatic carbocycles. The summed E-state index contributed by atoms with van der Waals surface area (Å²) in [5.41, 5.74) is 7.42. The molecule has 2 aromatic rings. The number of nitrogens with zero attached hydrogens (tertiary/aromatic N) is 4. The molecule has 1 aliphatic rings. The Morgan fingerprint density at radius 3 is 3.00 bits per heavy atom. The number of anilines is 1. The number of hydrogen-bond donors (Lipinski definition) is 2. The standard InChI is InChI=1S/C14H19N5OS/c1-2-5-21-13-11-12(17-14(15)18-13)19(8-16-11)10-4-3-9(6-10)7-20/h3-4,8-10,20H,2,5-7H2,1H3,(H2,15,17,18)/t9-,10+/m0/s1. The number of aliphatic hydroxyl groups is 1. The average Bonchev–Trinajstić information content (AvgIpc) is 3.10. The molecule has 2 aromatic heterocycles. The Morgan fingerprint density at radius 1 is 1.43 bits per heavy atom. The van der Waals surface area contributed by atoms with Crippen LogP contribution in [-0.2, 0) is 0 Å². The Hall–Kier alpha value is -1.60. The van der Waals surface area contributed by atoms with Crippen LogP contribution in [-0.4, -0.2) is 37.0 Å². The van der Waals surface area contributed by atoms with Crippen LogP contribution in [0.4, 0.5) is 5.95 Å². The Labute approximate surface area is 127 Å². The molecule has 6 nitrogen and oxygen atoms in total. The summed E-state index contributed by atoms with van der Waals surface area (Å²) in [6.07, 6.45) is 7.88. The van der Waals surface area contributed by atoms with Crippen LogP contribution in [0.2, 0.25) is 0 Å². The van der Waals surface area contributed by atoms with Gasteiger partial charge in [-0.3, -0.25) is 0 Å². The molecule has 2 heterocycles. The van der Waals surface area contributed by atoms with Gasteiger partial charge >= 0.3 is 0 Å². The van der Waals surface area contributed by atoms with Gasteiger partial charge in [0, 0.05) is 12.5 Å². The fourth-order valence-corrected chi connectivity index (χ4v) is 3.38. The zero-order chi connectivity index (χ0) is 14.8. The third-order valence-corrected chi connectivity index (χ3v) is 4.76. The normalized spacial score (nSPS) is 21.4. The molecule has 0 unspecified atom stereocenters. The van der Waals surface area contributed by atoms with Crippen molar-refractivity contribution < 1.29 is 5.11 Å². The maximum absolute atomic E-state index is 9.25. The first-order valence-electron chi connectivity index (χ1n) is 7.15. The first-order chi connectivity index (χ1) is 10.2. The van der Waals surface area contributed by atoms with E-state index in [1.54, 1.807) is 18.1 Å². The number of thioether (sulfide) groups is 1. The van der Waals surface area contributed by atoms with Crippen molar-refractivity contribution in [2.45, 2.75) is 30.8 Å². The number of aliphatic hydroxyl groups excluding tert-OH is 1. The fraction of sp³-hybridized carbons (Fsp3) is 0.500. The molecular formula is C14H19N5OS. The molecule has 7 heteroatoms. The molecule has 0 fully saturated rings. The van der Waals surface area contributed by atoms with E-state index in [1.807, 2.05) is 10.6 Å². The zero-order valence-electron chi connectivity index (χ0n) is 11.9. The van der Waals surface area contributed by atoms with Crippen LogP contribution in [0.1, 0.15) is 25.8 Å². The lowest BCUT2D eigenvalue weighted by molar-refractivity contribution is 0.244. The van der Waals surface area contributed by atoms with Gasteiger partial charge in [-0.05, 0) is 18.6 Å². The lowest BCUT2D eigenvalue weighted by Gasteiger charge is -2.12. The quantitative estimate of drug-likeness (QED) is 0.499. The Morgan fingerprint density at radius 2 is 2.29 bits per heavy atom. The van der Waals surface area contributed by atoms with Crippen molar-refractivity contribution in [3.63, 3.8) is 0 Å². The summed E-state index contributed by atoms with van der Waals surface area (Å²) < 4.78 is 2.02. The van der Waals surface area contributed by atoms with E-state index in [2.05, 4.69) is 28.0 Å². The van der Waals surface area contributed by atoms with Crippen molar-refractivity contribution in [3.8, 4) is 0 Å². The SMILES string of the molecule is CCCSc1nc(N)nc2c1ncn2[C@@H]1C=C[C@H](CO)C1. The first kappa shape index (κ1) is 14.3. The highest BCUT2D eigenvalue weighted by Crippen LogP contribution is 2.32. The lowest BCUT2D eigenvalue weighted by atomic mass is 10.1. The van der Waals surface area contributed by atoms with E-state index in [0.717, 1.165) is 34.8 Å². The highest BCUT2D eigenvalue weighted by molar-refractivity contribution is 7.99. The maximum Gasteiger partial charge on any atom is 0.223 e. The number of hydrogen-bond acceptors (Lipinski definition) is 6. The van der Waals surface area contributed by atoms with Gasteiger partial charge in [-0.2, -0.15) is 4.98 Å². The van der Waals surface area contributed by atoms with Gasteiger partial charge in [-0.15, -0.1) is 11.8 Å². The number of aromatic nitrogens is 4. The van der Waals surface area contributed by atoms with Gasteiger partial charge in [0.05, 0.1) is 12.4 Å². The van der Waals surface area contributed by atoms with E-state index >= 15 is 0 Å². The van der Waals surface area contributed by atoms with Crippen molar-refractivity contribution in [2.24, 2.45) is 5.92 Å². The van der Waals surface area contributed by atoms with Crippen LogP contribution in [0.15, 0.2) is 23.5 Å². The molecule has 2 atom stereocenters. The van der Waals surface area contributed by atoms with Crippen LogP contribution in [0.3, 0.4) is 0 Å². The van der Waals surface area contributed by atoms with E-state index in [4.69, 9.17) is 5.73 Å². The summed E-state index contributed by atoms with van der Waals surface area (Å²) in [4.78, 5) is 13.1. The highest BCUT2D eigenvalue weighted by atomic mass is 32.2. The Bertz CT molecular complexity index is 669. The van der Waals surface area contributed by atoms with Crippen molar-refractivity contribution in [3.05, 3.63) is 18.5 Å². The third kappa shape index (κ3) is 2.75. The second kappa shape index (κ2) is 6.03. The Balaban J connectivity index is 1.98. The lowest BCUT2D eigenvalue weighted by Crippen LogP contribution is -2.08. The van der Waals surface area contributed by atoms with Gasteiger partial charge in [-0.25, -0.2) is 9.97 Å². The van der Waals surface area contributed by atoms with Gasteiger partial charge in [0.2, 0.25) is 5.95 Å². The van der Waals surface area contributed by atoms with Crippen LogP contribution in [0, 0.1) is 5.92 Å².